The minimum absolute atomic E-state index is 0.367. The number of imidazole rings is 1. The summed E-state index contributed by atoms with van der Waals surface area (Å²) in [5.41, 5.74) is 1.84. The maximum absolute atomic E-state index is 6.97. The Morgan fingerprint density at radius 2 is 1.15 bits per heavy atom. The molecule has 0 aromatic carbocycles. The number of rotatable bonds is 2. The third-order valence-electron chi connectivity index (χ3n) is 9.89. The average molecular weight is 347 g/mol. The molecule has 0 spiro atoms. The van der Waals surface area contributed by atoms with Gasteiger partial charge in [0.15, 0.2) is 0 Å². The molecule has 8 fully saturated rings. The van der Waals surface area contributed by atoms with E-state index in [0.29, 0.717) is 11.1 Å². The van der Waals surface area contributed by atoms with Crippen molar-refractivity contribution in [2.24, 2.45) is 35.5 Å². The van der Waals surface area contributed by atoms with Crippen molar-refractivity contribution in [1.82, 2.24) is 4.57 Å². The van der Waals surface area contributed by atoms with Gasteiger partial charge in [-0.25, -0.2) is 0 Å². The lowest BCUT2D eigenvalue weighted by Crippen LogP contribution is -2.71. The summed E-state index contributed by atoms with van der Waals surface area (Å²) < 4.78 is 5.19. The van der Waals surface area contributed by atoms with Gasteiger partial charge in [-0.1, -0.05) is 0 Å². The second kappa shape index (κ2) is 4.81. The highest BCUT2D eigenvalue weighted by atomic mass is 15.2. The van der Waals surface area contributed by atoms with Crippen molar-refractivity contribution in [1.29, 1.82) is 0 Å². The van der Waals surface area contributed by atoms with Crippen molar-refractivity contribution < 1.29 is 4.57 Å². The van der Waals surface area contributed by atoms with Crippen molar-refractivity contribution >= 4 is 13.6 Å². The average Bonchev–Trinajstić information content (AvgIpc) is 2.95. The van der Waals surface area contributed by atoms with Gasteiger partial charge in [-0.3, -0.25) is 9.13 Å². The highest BCUT2D eigenvalue weighted by molar-refractivity contribution is 6.28. The zero-order chi connectivity index (χ0) is 17.1. The van der Waals surface area contributed by atoms with E-state index in [1.165, 1.54) is 77.0 Å². The van der Waals surface area contributed by atoms with Crippen molar-refractivity contribution in [2.45, 2.75) is 88.1 Å². The molecule has 0 unspecified atom stereocenters. The Morgan fingerprint density at radius 3 is 1.62 bits per heavy atom. The summed E-state index contributed by atoms with van der Waals surface area (Å²) >= 11 is 0. The van der Waals surface area contributed by atoms with Crippen LogP contribution < -0.4 is 10.3 Å². The van der Waals surface area contributed by atoms with Crippen molar-refractivity contribution in [2.75, 3.05) is 0 Å². The fraction of sp³-hybridized carbons (Fsp3) is 0.870. The largest absolute Gasteiger partial charge is 0.458 e. The molecule has 0 atom stereocenters. The van der Waals surface area contributed by atoms with Gasteiger partial charge < -0.3 is 7.85 Å². The molecule has 0 aliphatic heterocycles. The Balaban J connectivity index is 1.30. The molecule has 137 valence electrons. The fourth-order valence-corrected chi connectivity index (χ4v) is 9.92. The predicted molar refractivity (Wildman–Crippen MR) is 102 cm³/mol. The van der Waals surface area contributed by atoms with Gasteiger partial charge in [-0.05, 0) is 118 Å². The summed E-state index contributed by atoms with van der Waals surface area (Å²) in [6.07, 6.45) is 22.3. The molecule has 26 heavy (non-hydrogen) atoms. The molecule has 1 aromatic rings. The maximum atomic E-state index is 6.97. The Morgan fingerprint density at radius 1 is 0.731 bits per heavy atom. The number of hydrogen-bond acceptors (Lipinski definition) is 0. The SMILES string of the molecule is [B-]c1n(C23CC4CC(CC(C4)C2)C3)cc[n+]1C12CC3CC(CC(C3)C1)C2. The predicted octanol–water partition coefficient (Wildman–Crippen LogP) is 3.42. The van der Waals surface area contributed by atoms with E-state index in [0.717, 1.165) is 41.2 Å². The first-order chi connectivity index (χ1) is 12.6. The molecule has 8 bridgehead atoms. The maximum Gasteiger partial charge on any atom is 0.126 e. The molecule has 0 N–H and O–H groups in total. The Kier molecular flexibility index (Phi) is 2.82. The van der Waals surface area contributed by atoms with Gasteiger partial charge in [0.05, 0.1) is 0 Å². The first-order valence-corrected chi connectivity index (χ1v) is 11.5. The molecular weight excluding hydrogens is 315 g/mol. The van der Waals surface area contributed by atoms with Gasteiger partial charge in [0.1, 0.15) is 23.5 Å². The lowest BCUT2D eigenvalue weighted by molar-refractivity contribution is -0.761. The van der Waals surface area contributed by atoms with Crippen LogP contribution >= 0.6 is 0 Å². The lowest BCUT2D eigenvalue weighted by atomic mass is 9.52. The molecule has 1 heterocycles. The molecule has 3 heteroatoms. The second-order valence-corrected chi connectivity index (χ2v) is 11.7. The zero-order valence-electron chi connectivity index (χ0n) is 16.1. The molecule has 2 nitrogen and oxygen atoms in total. The monoisotopic (exact) mass is 347 g/mol. The van der Waals surface area contributed by atoms with Gasteiger partial charge in [-0.2, -0.15) is 0 Å². The van der Waals surface area contributed by atoms with Crippen LogP contribution in [0.4, 0.5) is 0 Å². The highest BCUT2D eigenvalue weighted by Crippen LogP contribution is 2.59. The Hall–Kier alpha value is -0.725. The zero-order valence-corrected chi connectivity index (χ0v) is 16.1. The molecule has 8 aliphatic carbocycles. The Labute approximate surface area is 159 Å². The number of hydrogen-bond donors (Lipinski definition) is 0. The van der Waals surface area contributed by atoms with E-state index in [4.69, 9.17) is 7.85 Å². The minimum atomic E-state index is 0.367. The van der Waals surface area contributed by atoms with E-state index in [-0.39, 0.29) is 0 Å². The third-order valence-corrected chi connectivity index (χ3v) is 9.89. The van der Waals surface area contributed by atoms with E-state index in [9.17, 15) is 0 Å². The van der Waals surface area contributed by atoms with E-state index in [2.05, 4.69) is 21.5 Å². The highest BCUT2D eigenvalue weighted by Gasteiger charge is 2.57. The van der Waals surface area contributed by atoms with Gasteiger partial charge in [0.2, 0.25) is 0 Å². The van der Waals surface area contributed by atoms with Crippen molar-refractivity contribution in [3.63, 3.8) is 0 Å². The Bertz CT molecular complexity index is 630. The minimum Gasteiger partial charge on any atom is -0.458 e. The summed E-state index contributed by atoms with van der Waals surface area (Å²) in [6, 6.07) is 0. The van der Waals surface area contributed by atoms with Crippen molar-refractivity contribution in [3.05, 3.63) is 12.4 Å². The summed E-state index contributed by atoms with van der Waals surface area (Å²) in [7, 11) is 6.97. The first kappa shape index (κ1) is 15.2. The van der Waals surface area contributed by atoms with Gasteiger partial charge >= 0.3 is 0 Å². The molecule has 0 amide bonds. The summed E-state index contributed by atoms with van der Waals surface area (Å²) in [5.74, 6) is 5.89. The van der Waals surface area contributed by atoms with Crippen LogP contribution in [-0.4, -0.2) is 12.4 Å². The summed E-state index contributed by atoms with van der Waals surface area (Å²) in [4.78, 5) is 0. The second-order valence-electron chi connectivity index (χ2n) is 11.7. The first-order valence-electron chi connectivity index (χ1n) is 11.5. The molecule has 9 rings (SSSR count). The quantitative estimate of drug-likeness (QED) is 0.573. The van der Waals surface area contributed by atoms with Crippen LogP contribution in [0.5, 0.6) is 0 Å². The molecule has 3 radical (unpaired) electrons. The fourth-order valence-electron chi connectivity index (χ4n) is 9.92. The van der Waals surface area contributed by atoms with Crippen LogP contribution in [0.1, 0.15) is 77.0 Å². The summed E-state index contributed by atoms with van der Waals surface area (Å²) in [6.45, 7) is 0. The van der Waals surface area contributed by atoms with E-state index in [1.807, 2.05) is 0 Å². The summed E-state index contributed by atoms with van der Waals surface area (Å²) in [5, 5.41) is 0. The van der Waals surface area contributed by atoms with Crippen LogP contribution in [0.3, 0.4) is 0 Å². The molecule has 1 aromatic heterocycles. The standard InChI is InChI=1S/C23H32BN2/c24-21-25(22-9-15-3-16(10-22)5-17(4-15)11-22)1-2-26(21)23-12-18-6-19(13-23)8-20(7-18)14-23/h1-2,15-20H,3-14H2. The van der Waals surface area contributed by atoms with Gasteiger partial charge in [0.25, 0.3) is 0 Å². The van der Waals surface area contributed by atoms with E-state index < -0.39 is 0 Å². The van der Waals surface area contributed by atoms with Crippen molar-refractivity contribution in [3.8, 4) is 0 Å². The lowest BCUT2D eigenvalue weighted by Gasteiger charge is -2.57. The van der Waals surface area contributed by atoms with Gasteiger partial charge in [-0.15, -0.1) is 0 Å². The number of nitrogens with zero attached hydrogens (tertiary/aromatic N) is 2. The number of aromatic nitrogens is 2. The molecular formula is C23H32BN2. The van der Waals surface area contributed by atoms with E-state index >= 15 is 0 Å². The van der Waals surface area contributed by atoms with Crippen LogP contribution in [0, 0.1) is 35.5 Å². The molecule has 8 saturated carbocycles. The molecule has 0 saturated heterocycles. The van der Waals surface area contributed by atoms with Gasteiger partial charge in [0, 0.05) is 0 Å². The van der Waals surface area contributed by atoms with Crippen LogP contribution in [0.25, 0.3) is 0 Å². The molecule has 8 aliphatic rings. The topological polar surface area (TPSA) is 8.81 Å². The van der Waals surface area contributed by atoms with E-state index in [1.54, 1.807) is 0 Å². The van der Waals surface area contributed by atoms with Crippen LogP contribution in [0.15, 0.2) is 12.4 Å². The smallest absolute Gasteiger partial charge is 0.126 e. The normalized spacial score (nSPS) is 53.6. The van der Waals surface area contributed by atoms with Crippen LogP contribution in [0.2, 0.25) is 0 Å². The van der Waals surface area contributed by atoms with Crippen LogP contribution in [-0.2, 0) is 11.1 Å². The third kappa shape index (κ3) is 1.88.